The van der Waals surface area contributed by atoms with E-state index in [0.717, 1.165) is 50.6 Å². The number of aromatic nitrogens is 4. The monoisotopic (exact) mass is 458 g/mol. The van der Waals surface area contributed by atoms with Gasteiger partial charge in [-0.15, -0.1) is 11.3 Å². The molecule has 0 aliphatic carbocycles. The van der Waals surface area contributed by atoms with Crippen molar-refractivity contribution in [1.82, 2.24) is 24.2 Å². The average molecular weight is 459 g/mol. The van der Waals surface area contributed by atoms with Crippen LogP contribution >= 0.6 is 11.3 Å². The molecule has 0 amide bonds. The molecule has 0 spiro atoms. The molecule has 31 heavy (non-hydrogen) atoms. The topological polar surface area (TPSA) is 104 Å². The zero-order chi connectivity index (χ0) is 21.6. The van der Waals surface area contributed by atoms with Crippen molar-refractivity contribution >= 4 is 48.4 Å². The molecule has 0 bridgehead atoms. The van der Waals surface area contributed by atoms with Crippen LogP contribution in [-0.4, -0.2) is 72.3 Å². The molecule has 1 aliphatic rings. The highest BCUT2D eigenvalue weighted by Crippen LogP contribution is 2.35. The van der Waals surface area contributed by atoms with Gasteiger partial charge in [0.05, 0.1) is 29.7 Å². The number of hydrogen-bond acceptors (Lipinski definition) is 8. The minimum atomic E-state index is -3.27. The van der Waals surface area contributed by atoms with Crippen LogP contribution in [0.25, 0.3) is 32.6 Å². The summed E-state index contributed by atoms with van der Waals surface area (Å²) in [4.78, 5) is 20.4. The van der Waals surface area contributed by atoms with Gasteiger partial charge in [-0.3, -0.25) is 0 Å². The maximum Gasteiger partial charge on any atom is 0.211 e. The number of H-pyrrole nitrogens is 1. The maximum atomic E-state index is 11.9. The van der Waals surface area contributed by atoms with Crippen molar-refractivity contribution in [3.8, 4) is 11.4 Å². The van der Waals surface area contributed by atoms with Gasteiger partial charge in [-0.25, -0.2) is 27.7 Å². The molecule has 5 rings (SSSR count). The SMILES string of the molecule is CN(Cc1cc2nc(-c3cnc4[nH]ccc4c3)nc(N3CCOCC3)c2s1)S(C)(=O)=O. The van der Waals surface area contributed by atoms with E-state index in [9.17, 15) is 8.42 Å². The van der Waals surface area contributed by atoms with E-state index in [1.165, 1.54) is 21.9 Å². The third kappa shape index (κ3) is 4.01. The standard InChI is InChI=1S/C20H22N6O3S2/c1-25(31(2,27)28)12-15-10-16-17(30-15)20(26-5-7-29-8-6-26)24-19(23-16)14-9-13-3-4-21-18(13)22-11-14/h3-4,9-11H,5-8,12H2,1-2H3,(H,21,22). The van der Waals surface area contributed by atoms with Crippen LogP contribution in [-0.2, 0) is 21.3 Å². The molecule has 11 heteroatoms. The number of aromatic amines is 1. The van der Waals surface area contributed by atoms with E-state index in [4.69, 9.17) is 14.7 Å². The molecule has 4 aromatic heterocycles. The number of hydrogen-bond donors (Lipinski definition) is 1. The van der Waals surface area contributed by atoms with Crippen molar-refractivity contribution in [2.75, 3.05) is 44.5 Å². The number of pyridine rings is 1. The van der Waals surface area contributed by atoms with Crippen LogP contribution in [0, 0.1) is 0 Å². The Morgan fingerprint density at radius 2 is 2.06 bits per heavy atom. The molecule has 0 saturated carbocycles. The Hall–Kier alpha value is -2.60. The molecule has 0 atom stereocenters. The second-order valence-electron chi connectivity index (χ2n) is 7.56. The van der Waals surface area contributed by atoms with E-state index < -0.39 is 10.0 Å². The fourth-order valence-electron chi connectivity index (χ4n) is 3.56. The molecule has 0 radical (unpaired) electrons. The van der Waals surface area contributed by atoms with Crippen LogP contribution in [0.4, 0.5) is 5.82 Å². The van der Waals surface area contributed by atoms with E-state index in [2.05, 4.69) is 14.9 Å². The number of morpholine rings is 1. The number of nitrogens with zero attached hydrogens (tertiary/aromatic N) is 5. The predicted molar refractivity (Wildman–Crippen MR) is 122 cm³/mol. The molecular formula is C20H22N6O3S2. The van der Waals surface area contributed by atoms with Crippen molar-refractivity contribution in [1.29, 1.82) is 0 Å². The summed E-state index contributed by atoms with van der Waals surface area (Å²) >= 11 is 1.54. The summed E-state index contributed by atoms with van der Waals surface area (Å²) in [5.41, 5.74) is 2.46. The normalized spacial score (nSPS) is 15.4. The molecule has 0 unspecified atom stereocenters. The molecule has 0 aromatic carbocycles. The zero-order valence-electron chi connectivity index (χ0n) is 17.2. The molecule has 162 valence electrons. The number of fused-ring (bicyclic) bond motifs is 2. The Morgan fingerprint density at radius 1 is 1.26 bits per heavy atom. The van der Waals surface area contributed by atoms with Crippen LogP contribution in [0.2, 0.25) is 0 Å². The lowest BCUT2D eigenvalue weighted by Crippen LogP contribution is -2.36. The van der Waals surface area contributed by atoms with E-state index in [0.29, 0.717) is 25.6 Å². The number of sulfonamides is 1. The highest BCUT2D eigenvalue weighted by molar-refractivity contribution is 7.88. The Bertz CT molecular complexity index is 1360. The lowest BCUT2D eigenvalue weighted by molar-refractivity contribution is 0.122. The van der Waals surface area contributed by atoms with Crippen molar-refractivity contribution in [3.05, 3.63) is 35.5 Å². The Labute approximate surface area is 183 Å². The predicted octanol–water partition coefficient (Wildman–Crippen LogP) is 2.46. The number of anilines is 1. The highest BCUT2D eigenvalue weighted by atomic mass is 32.2. The van der Waals surface area contributed by atoms with Gasteiger partial charge in [0.25, 0.3) is 0 Å². The van der Waals surface area contributed by atoms with Crippen LogP contribution in [0.5, 0.6) is 0 Å². The molecule has 1 aliphatic heterocycles. The van der Waals surface area contributed by atoms with Crippen LogP contribution in [0.3, 0.4) is 0 Å². The second kappa shape index (κ2) is 7.83. The highest BCUT2D eigenvalue weighted by Gasteiger charge is 2.21. The van der Waals surface area contributed by atoms with Gasteiger partial charge in [0.1, 0.15) is 5.65 Å². The van der Waals surface area contributed by atoms with Gasteiger partial charge in [0.2, 0.25) is 10.0 Å². The fourth-order valence-corrected chi connectivity index (χ4v) is 5.18. The first-order chi connectivity index (χ1) is 14.9. The fraction of sp³-hybridized carbons (Fsp3) is 0.350. The molecule has 1 fully saturated rings. The van der Waals surface area contributed by atoms with Gasteiger partial charge in [0.15, 0.2) is 11.6 Å². The smallest absolute Gasteiger partial charge is 0.211 e. The second-order valence-corrected chi connectivity index (χ2v) is 10.8. The Balaban J connectivity index is 1.62. The lowest BCUT2D eigenvalue weighted by Gasteiger charge is -2.28. The van der Waals surface area contributed by atoms with Crippen molar-refractivity contribution in [3.63, 3.8) is 0 Å². The third-order valence-electron chi connectivity index (χ3n) is 5.32. The van der Waals surface area contributed by atoms with Crippen molar-refractivity contribution in [2.24, 2.45) is 0 Å². The third-order valence-corrected chi connectivity index (χ3v) is 7.68. The Morgan fingerprint density at radius 3 is 2.84 bits per heavy atom. The molecular weight excluding hydrogens is 436 g/mol. The van der Waals surface area contributed by atoms with E-state index in [-0.39, 0.29) is 0 Å². The van der Waals surface area contributed by atoms with Gasteiger partial charge < -0.3 is 14.6 Å². The molecule has 5 heterocycles. The van der Waals surface area contributed by atoms with Gasteiger partial charge >= 0.3 is 0 Å². The minimum absolute atomic E-state index is 0.300. The molecule has 1 N–H and O–H groups in total. The van der Waals surface area contributed by atoms with Crippen LogP contribution in [0.15, 0.2) is 30.6 Å². The lowest BCUT2D eigenvalue weighted by atomic mass is 10.2. The summed E-state index contributed by atoms with van der Waals surface area (Å²) in [5, 5.41) is 0.995. The number of rotatable bonds is 5. The van der Waals surface area contributed by atoms with E-state index >= 15 is 0 Å². The molecule has 1 saturated heterocycles. The summed E-state index contributed by atoms with van der Waals surface area (Å²) in [5.74, 6) is 1.46. The van der Waals surface area contributed by atoms with Gasteiger partial charge in [-0.1, -0.05) is 0 Å². The number of thiophene rings is 1. The Kier molecular flexibility index (Phi) is 5.13. The first-order valence-corrected chi connectivity index (χ1v) is 12.5. The zero-order valence-corrected chi connectivity index (χ0v) is 18.8. The van der Waals surface area contributed by atoms with Gasteiger partial charge in [-0.2, -0.15) is 0 Å². The average Bonchev–Trinajstić information content (AvgIpc) is 3.38. The number of ether oxygens (including phenoxy) is 1. The summed E-state index contributed by atoms with van der Waals surface area (Å²) in [6.07, 6.45) is 4.84. The summed E-state index contributed by atoms with van der Waals surface area (Å²) < 4.78 is 31.5. The largest absolute Gasteiger partial charge is 0.378 e. The van der Waals surface area contributed by atoms with Gasteiger partial charge in [0, 0.05) is 54.9 Å². The van der Waals surface area contributed by atoms with Crippen LogP contribution in [0.1, 0.15) is 4.88 Å². The van der Waals surface area contributed by atoms with Gasteiger partial charge in [-0.05, 0) is 18.2 Å². The quantitative estimate of drug-likeness (QED) is 0.490. The van der Waals surface area contributed by atoms with E-state index in [1.807, 2.05) is 24.4 Å². The maximum absolute atomic E-state index is 11.9. The molecule has 4 aromatic rings. The summed E-state index contributed by atoms with van der Waals surface area (Å²) in [6, 6.07) is 5.95. The van der Waals surface area contributed by atoms with Crippen molar-refractivity contribution < 1.29 is 13.2 Å². The first kappa shape index (κ1) is 20.3. The summed E-state index contributed by atoms with van der Waals surface area (Å²) in [7, 11) is -1.69. The van der Waals surface area contributed by atoms with Crippen LogP contribution < -0.4 is 4.90 Å². The minimum Gasteiger partial charge on any atom is -0.378 e. The summed E-state index contributed by atoms with van der Waals surface area (Å²) in [6.45, 7) is 3.09. The van der Waals surface area contributed by atoms with E-state index in [1.54, 1.807) is 13.2 Å². The molecule has 9 nitrogen and oxygen atoms in total. The van der Waals surface area contributed by atoms with Crippen molar-refractivity contribution in [2.45, 2.75) is 6.54 Å². The first-order valence-electron chi connectivity index (χ1n) is 9.86. The number of nitrogens with one attached hydrogen (secondary N) is 1.